The molecule has 2 aromatic rings. The molecule has 134 valence electrons. The molecule has 1 amide bonds. The monoisotopic (exact) mass is 361 g/mol. The predicted octanol–water partition coefficient (Wildman–Crippen LogP) is 2.88. The van der Waals surface area contributed by atoms with Gasteiger partial charge in [0.15, 0.2) is 0 Å². The molecule has 25 heavy (non-hydrogen) atoms. The molecule has 0 bridgehead atoms. The van der Waals surface area contributed by atoms with Crippen molar-refractivity contribution in [3.63, 3.8) is 0 Å². The molecule has 0 aliphatic carbocycles. The molecule has 0 unspecified atom stereocenters. The third kappa shape index (κ3) is 5.56. The maximum absolute atomic E-state index is 12.2. The lowest BCUT2D eigenvalue weighted by Crippen LogP contribution is -2.32. The molecule has 2 rings (SSSR count). The highest BCUT2D eigenvalue weighted by atomic mass is 32.2. The first-order valence-electron chi connectivity index (χ1n) is 8.02. The zero-order valence-electron chi connectivity index (χ0n) is 14.7. The smallest absolute Gasteiger partial charge is 0.232 e. The lowest BCUT2D eigenvalue weighted by atomic mass is 10.1. The second-order valence-electron chi connectivity index (χ2n) is 6.02. The molecule has 7 heteroatoms. The van der Waals surface area contributed by atoms with E-state index >= 15 is 0 Å². The Labute approximate surface area is 148 Å². The van der Waals surface area contributed by atoms with E-state index in [1.807, 2.05) is 32.0 Å². The van der Waals surface area contributed by atoms with Crippen molar-refractivity contribution in [2.24, 2.45) is 0 Å². The lowest BCUT2D eigenvalue weighted by Gasteiger charge is -2.24. The van der Waals surface area contributed by atoms with Crippen LogP contribution < -0.4 is 9.62 Å². The van der Waals surface area contributed by atoms with Crippen LogP contribution in [0.1, 0.15) is 24.0 Å². The quantitative estimate of drug-likeness (QED) is 0.822. The summed E-state index contributed by atoms with van der Waals surface area (Å²) in [5.41, 5.74) is 3.16. The van der Waals surface area contributed by atoms with E-state index in [4.69, 9.17) is 0 Å². The number of rotatable bonds is 7. The summed E-state index contributed by atoms with van der Waals surface area (Å²) in [6.45, 7) is 4.05. The average Bonchev–Trinajstić information content (AvgIpc) is 2.54. The summed E-state index contributed by atoms with van der Waals surface area (Å²) in [6, 6.07) is 9.19. The number of anilines is 2. The van der Waals surface area contributed by atoms with Gasteiger partial charge in [0.1, 0.15) is 0 Å². The van der Waals surface area contributed by atoms with E-state index < -0.39 is 10.0 Å². The maximum atomic E-state index is 12.2. The number of amides is 1. The summed E-state index contributed by atoms with van der Waals surface area (Å²) >= 11 is 0. The Bertz CT molecular complexity index is 836. The van der Waals surface area contributed by atoms with Gasteiger partial charge in [-0.25, -0.2) is 8.42 Å². The fourth-order valence-electron chi connectivity index (χ4n) is 2.50. The molecule has 1 N–H and O–H groups in total. The number of sulfonamides is 1. The van der Waals surface area contributed by atoms with E-state index in [0.717, 1.165) is 11.1 Å². The molecular weight excluding hydrogens is 338 g/mol. The number of nitrogens with zero attached hydrogens (tertiary/aromatic N) is 2. The van der Waals surface area contributed by atoms with Crippen LogP contribution in [0.3, 0.4) is 0 Å². The molecule has 0 fully saturated rings. The van der Waals surface area contributed by atoms with E-state index in [9.17, 15) is 13.2 Å². The number of carbonyl (C=O) groups excluding carboxylic acids is 1. The predicted molar refractivity (Wildman–Crippen MR) is 100 cm³/mol. The van der Waals surface area contributed by atoms with Gasteiger partial charge in [0.2, 0.25) is 15.9 Å². The summed E-state index contributed by atoms with van der Waals surface area (Å²) in [5.74, 6) is -0.164. The molecule has 1 heterocycles. The zero-order chi connectivity index (χ0) is 18.4. The van der Waals surface area contributed by atoms with Crippen molar-refractivity contribution in [1.29, 1.82) is 0 Å². The molecule has 0 aliphatic rings. The second kappa shape index (κ2) is 8.11. The van der Waals surface area contributed by atoms with E-state index in [-0.39, 0.29) is 18.9 Å². The summed E-state index contributed by atoms with van der Waals surface area (Å²) in [4.78, 5) is 15.9. The summed E-state index contributed by atoms with van der Waals surface area (Å²) in [7, 11) is -3.42. The minimum atomic E-state index is -3.42. The highest BCUT2D eigenvalue weighted by Gasteiger charge is 2.19. The van der Waals surface area contributed by atoms with Gasteiger partial charge < -0.3 is 5.32 Å². The van der Waals surface area contributed by atoms with Crippen LogP contribution in [0.5, 0.6) is 0 Å². The van der Waals surface area contributed by atoms with Crippen LogP contribution in [0.4, 0.5) is 11.4 Å². The third-order valence-corrected chi connectivity index (χ3v) is 4.92. The number of aryl methyl sites for hydroxylation is 2. The SMILES string of the molecule is Cc1ccc(C)c(N(CCCC(=O)Nc2cccnc2)S(C)(=O)=O)c1. The first kappa shape index (κ1) is 18.9. The van der Waals surface area contributed by atoms with Crippen molar-refractivity contribution < 1.29 is 13.2 Å². The first-order chi connectivity index (χ1) is 11.8. The molecule has 1 aromatic carbocycles. The normalized spacial score (nSPS) is 11.2. The molecule has 0 aliphatic heterocycles. The molecular formula is C18H23N3O3S. The molecule has 0 radical (unpaired) electrons. The Balaban J connectivity index is 2.02. The van der Waals surface area contributed by atoms with Gasteiger partial charge in [0, 0.05) is 19.2 Å². The Morgan fingerprint density at radius 1 is 1.24 bits per heavy atom. The molecule has 6 nitrogen and oxygen atoms in total. The Hall–Kier alpha value is -2.41. The van der Waals surface area contributed by atoms with Gasteiger partial charge in [-0.2, -0.15) is 0 Å². The van der Waals surface area contributed by atoms with Crippen LogP contribution in [0.2, 0.25) is 0 Å². The third-order valence-electron chi connectivity index (χ3n) is 3.74. The van der Waals surface area contributed by atoms with Crippen LogP contribution in [-0.2, 0) is 14.8 Å². The number of hydrogen-bond acceptors (Lipinski definition) is 4. The second-order valence-corrected chi connectivity index (χ2v) is 7.93. The van der Waals surface area contributed by atoms with Crippen LogP contribution in [0, 0.1) is 13.8 Å². The van der Waals surface area contributed by atoms with Crippen LogP contribution in [0.15, 0.2) is 42.7 Å². The minimum Gasteiger partial charge on any atom is -0.325 e. The largest absolute Gasteiger partial charge is 0.325 e. The Morgan fingerprint density at radius 2 is 2.00 bits per heavy atom. The number of benzene rings is 1. The van der Waals surface area contributed by atoms with E-state index in [0.29, 0.717) is 17.8 Å². The van der Waals surface area contributed by atoms with Gasteiger partial charge in [-0.1, -0.05) is 12.1 Å². The van der Waals surface area contributed by atoms with Crippen LogP contribution >= 0.6 is 0 Å². The number of carbonyl (C=O) groups is 1. The van der Waals surface area contributed by atoms with Crippen LogP contribution in [-0.4, -0.2) is 32.1 Å². The van der Waals surface area contributed by atoms with Crippen molar-refractivity contribution in [1.82, 2.24) is 4.98 Å². The summed E-state index contributed by atoms with van der Waals surface area (Å²) in [5, 5.41) is 2.75. The van der Waals surface area contributed by atoms with Crippen molar-refractivity contribution in [2.45, 2.75) is 26.7 Å². The van der Waals surface area contributed by atoms with Crippen molar-refractivity contribution in [3.8, 4) is 0 Å². The molecule has 1 aromatic heterocycles. The minimum absolute atomic E-state index is 0.164. The van der Waals surface area contributed by atoms with Gasteiger partial charge in [0.05, 0.1) is 23.8 Å². The van der Waals surface area contributed by atoms with Gasteiger partial charge in [0.25, 0.3) is 0 Å². The topological polar surface area (TPSA) is 79.4 Å². The lowest BCUT2D eigenvalue weighted by molar-refractivity contribution is -0.116. The number of aromatic nitrogens is 1. The van der Waals surface area contributed by atoms with Gasteiger partial charge in [-0.05, 0) is 49.6 Å². The standard InChI is InChI=1S/C18H23N3O3S/c1-14-8-9-15(2)17(12-14)21(25(3,23)24)11-5-7-18(22)20-16-6-4-10-19-13-16/h4,6,8-10,12-13H,5,7,11H2,1-3H3,(H,20,22). The summed E-state index contributed by atoms with van der Waals surface area (Å²) < 4.78 is 25.7. The number of nitrogens with one attached hydrogen (secondary N) is 1. The zero-order valence-corrected chi connectivity index (χ0v) is 15.5. The highest BCUT2D eigenvalue weighted by Crippen LogP contribution is 2.24. The number of pyridine rings is 1. The molecule has 0 saturated heterocycles. The van der Waals surface area contributed by atoms with Crippen LogP contribution in [0.25, 0.3) is 0 Å². The highest BCUT2D eigenvalue weighted by molar-refractivity contribution is 7.92. The summed E-state index contributed by atoms with van der Waals surface area (Å²) in [6.07, 6.45) is 5.03. The molecule has 0 atom stereocenters. The fraction of sp³-hybridized carbons (Fsp3) is 0.333. The van der Waals surface area contributed by atoms with Crippen molar-refractivity contribution in [3.05, 3.63) is 53.9 Å². The van der Waals surface area contributed by atoms with Crippen molar-refractivity contribution in [2.75, 3.05) is 22.4 Å². The first-order valence-corrected chi connectivity index (χ1v) is 9.87. The van der Waals surface area contributed by atoms with E-state index in [1.54, 1.807) is 24.5 Å². The number of hydrogen-bond donors (Lipinski definition) is 1. The van der Waals surface area contributed by atoms with Gasteiger partial charge in [-0.3, -0.25) is 14.1 Å². The van der Waals surface area contributed by atoms with Gasteiger partial charge >= 0.3 is 0 Å². The van der Waals surface area contributed by atoms with Gasteiger partial charge in [-0.15, -0.1) is 0 Å². The van der Waals surface area contributed by atoms with E-state index in [2.05, 4.69) is 10.3 Å². The molecule has 0 saturated carbocycles. The average molecular weight is 361 g/mol. The fourth-order valence-corrected chi connectivity index (χ4v) is 3.51. The Morgan fingerprint density at radius 3 is 2.64 bits per heavy atom. The van der Waals surface area contributed by atoms with E-state index in [1.165, 1.54) is 10.6 Å². The Kier molecular flexibility index (Phi) is 6.14. The molecule has 0 spiro atoms. The van der Waals surface area contributed by atoms with Crippen molar-refractivity contribution >= 4 is 27.3 Å². The maximum Gasteiger partial charge on any atom is 0.232 e.